The third-order valence-electron chi connectivity index (χ3n) is 3.81. The second kappa shape index (κ2) is 7.97. The van der Waals surface area contributed by atoms with Gasteiger partial charge in [-0.3, -0.25) is 14.9 Å². The minimum absolute atomic E-state index is 0.0391. The van der Waals surface area contributed by atoms with Gasteiger partial charge >= 0.3 is 5.97 Å². The first-order chi connectivity index (χ1) is 12.2. The van der Waals surface area contributed by atoms with Crippen molar-refractivity contribution in [2.75, 3.05) is 5.32 Å². The molecule has 0 heterocycles. The lowest BCUT2D eigenvalue weighted by atomic mass is 10.1. The highest BCUT2D eigenvalue weighted by atomic mass is 35.5. The number of aryl methyl sites for hydroxylation is 1. The molecular formula is C18H17ClN2O5. The molecule has 0 aliphatic rings. The first-order valence-electron chi connectivity index (χ1n) is 7.72. The molecule has 0 spiro atoms. The fraction of sp³-hybridized carbons (Fsp3) is 0.222. The third-order valence-corrected chi connectivity index (χ3v) is 4.22. The van der Waals surface area contributed by atoms with Crippen LogP contribution in [0.3, 0.4) is 0 Å². The molecule has 2 aromatic rings. The molecule has 0 aliphatic heterocycles. The molecule has 1 amide bonds. The summed E-state index contributed by atoms with van der Waals surface area (Å²) >= 11 is 6.01. The lowest BCUT2D eigenvalue weighted by Gasteiger charge is -2.14. The van der Waals surface area contributed by atoms with E-state index in [9.17, 15) is 19.7 Å². The van der Waals surface area contributed by atoms with Gasteiger partial charge < -0.3 is 10.1 Å². The van der Waals surface area contributed by atoms with Crippen LogP contribution in [-0.2, 0) is 9.53 Å². The first-order valence-corrected chi connectivity index (χ1v) is 8.10. The standard InChI is InChI=1S/C18H17ClN2O5/c1-10-7-8-13(9-15(10)19)20-17(22)12(3)26-18(23)14-5-4-6-16(11(14)2)21(24)25/h4-9,12H,1-3H3,(H,20,22)/t12-/m0/s1. The van der Waals surface area contributed by atoms with Gasteiger partial charge in [-0.15, -0.1) is 0 Å². The van der Waals surface area contributed by atoms with Gasteiger partial charge in [-0.1, -0.05) is 23.7 Å². The zero-order chi connectivity index (χ0) is 19.4. The van der Waals surface area contributed by atoms with E-state index in [1.165, 1.54) is 32.0 Å². The Morgan fingerprint density at radius 3 is 2.54 bits per heavy atom. The van der Waals surface area contributed by atoms with Crippen molar-refractivity contribution in [1.29, 1.82) is 0 Å². The quantitative estimate of drug-likeness (QED) is 0.482. The van der Waals surface area contributed by atoms with Gasteiger partial charge in [-0.05, 0) is 44.5 Å². The fourth-order valence-electron chi connectivity index (χ4n) is 2.23. The minimum Gasteiger partial charge on any atom is -0.449 e. The van der Waals surface area contributed by atoms with Gasteiger partial charge in [-0.2, -0.15) is 0 Å². The topological polar surface area (TPSA) is 98.5 Å². The van der Waals surface area contributed by atoms with Crippen molar-refractivity contribution in [2.45, 2.75) is 26.9 Å². The Kier molecular flexibility index (Phi) is 5.94. The Morgan fingerprint density at radius 1 is 1.23 bits per heavy atom. The van der Waals surface area contributed by atoms with Crippen molar-refractivity contribution < 1.29 is 19.2 Å². The van der Waals surface area contributed by atoms with E-state index < -0.39 is 22.9 Å². The molecule has 1 N–H and O–H groups in total. The molecule has 2 rings (SSSR count). The number of nitro groups is 1. The van der Waals surface area contributed by atoms with Gasteiger partial charge in [0.25, 0.3) is 11.6 Å². The van der Waals surface area contributed by atoms with Crippen molar-refractivity contribution in [3.8, 4) is 0 Å². The summed E-state index contributed by atoms with van der Waals surface area (Å²) in [5.74, 6) is -1.35. The van der Waals surface area contributed by atoms with Crippen LogP contribution in [0.4, 0.5) is 11.4 Å². The Balaban J connectivity index is 2.09. The fourth-order valence-corrected chi connectivity index (χ4v) is 2.41. The van der Waals surface area contributed by atoms with Crippen LogP contribution in [0.5, 0.6) is 0 Å². The molecule has 0 saturated heterocycles. The largest absolute Gasteiger partial charge is 0.449 e. The third kappa shape index (κ3) is 4.37. The maximum absolute atomic E-state index is 12.3. The van der Waals surface area contributed by atoms with E-state index in [2.05, 4.69) is 5.32 Å². The Labute approximate surface area is 155 Å². The number of rotatable bonds is 5. The zero-order valence-electron chi connectivity index (χ0n) is 14.4. The predicted octanol–water partition coefficient (Wildman–Crippen LogP) is 4.05. The number of hydrogen-bond donors (Lipinski definition) is 1. The molecule has 1 atom stereocenters. The number of benzene rings is 2. The summed E-state index contributed by atoms with van der Waals surface area (Å²) < 4.78 is 5.13. The van der Waals surface area contributed by atoms with Crippen LogP contribution in [-0.4, -0.2) is 22.9 Å². The number of nitrogens with zero attached hydrogens (tertiary/aromatic N) is 1. The Bertz CT molecular complexity index is 882. The van der Waals surface area contributed by atoms with Gasteiger partial charge in [0.05, 0.1) is 10.5 Å². The molecule has 8 heteroatoms. The van der Waals surface area contributed by atoms with Gasteiger partial charge in [0.1, 0.15) is 0 Å². The predicted molar refractivity (Wildman–Crippen MR) is 97.5 cm³/mol. The maximum Gasteiger partial charge on any atom is 0.339 e. The molecule has 26 heavy (non-hydrogen) atoms. The van der Waals surface area contributed by atoms with Crippen molar-refractivity contribution in [3.63, 3.8) is 0 Å². The molecular weight excluding hydrogens is 360 g/mol. The number of carbonyl (C=O) groups excluding carboxylic acids is 2. The van der Waals surface area contributed by atoms with Gasteiger partial charge in [0.2, 0.25) is 0 Å². The monoisotopic (exact) mass is 376 g/mol. The van der Waals surface area contributed by atoms with E-state index in [4.69, 9.17) is 16.3 Å². The summed E-state index contributed by atoms with van der Waals surface area (Å²) in [5, 5.41) is 14.1. The number of esters is 1. The molecule has 0 radical (unpaired) electrons. The number of anilines is 1. The van der Waals surface area contributed by atoms with Crippen LogP contribution in [0, 0.1) is 24.0 Å². The highest BCUT2D eigenvalue weighted by molar-refractivity contribution is 6.31. The van der Waals surface area contributed by atoms with E-state index in [1.54, 1.807) is 18.2 Å². The van der Waals surface area contributed by atoms with Crippen LogP contribution >= 0.6 is 11.6 Å². The Morgan fingerprint density at radius 2 is 1.92 bits per heavy atom. The van der Waals surface area contributed by atoms with Crippen molar-refractivity contribution in [1.82, 2.24) is 0 Å². The Hall–Kier alpha value is -2.93. The highest BCUT2D eigenvalue weighted by Crippen LogP contribution is 2.23. The van der Waals surface area contributed by atoms with E-state index in [-0.39, 0.29) is 16.8 Å². The van der Waals surface area contributed by atoms with Crippen molar-refractivity contribution in [2.24, 2.45) is 0 Å². The number of amides is 1. The lowest BCUT2D eigenvalue weighted by molar-refractivity contribution is -0.385. The second-order valence-electron chi connectivity index (χ2n) is 5.71. The zero-order valence-corrected chi connectivity index (χ0v) is 15.2. The lowest BCUT2D eigenvalue weighted by Crippen LogP contribution is -2.30. The molecule has 2 aromatic carbocycles. The second-order valence-corrected chi connectivity index (χ2v) is 6.11. The number of hydrogen-bond acceptors (Lipinski definition) is 5. The molecule has 136 valence electrons. The van der Waals surface area contributed by atoms with Gasteiger partial charge in [0, 0.05) is 22.3 Å². The van der Waals surface area contributed by atoms with Gasteiger partial charge in [-0.25, -0.2) is 4.79 Å². The number of nitrogens with one attached hydrogen (secondary N) is 1. The summed E-state index contributed by atoms with van der Waals surface area (Å²) in [7, 11) is 0. The first kappa shape index (κ1) is 19.4. The molecule has 0 fully saturated rings. The van der Waals surface area contributed by atoms with E-state index in [0.29, 0.717) is 10.7 Å². The number of nitro benzene ring substituents is 1. The molecule has 0 aromatic heterocycles. The summed E-state index contributed by atoms with van der Waals surface area (Å²) in [5.41, 5.74) is 1.37. The van der Waals surface area contributed by atoms with Crippen LogP contribution in [0.25, 0.3) is 0 Å². The van der Waals surface area contributed by atoms with Crippen molar-refractivity contribution >= 4 is 34.9 Å². The maximum atomic E-state index is 12.3. The van der Waals surface area contributed by atoms with Crippen LogP contribution in [0.15, 0.2) is 36.4 Å². The number of ether oxygens (including phenoxy) is 1. The smallest absolute Gasteiger partial charge is 0.339 e. The summed E-state index contributed by atoms with van der Waals surface area (Å²) in [6.07, 6.45) is -1.10. The van der Waals surface area contributed by atoms with Crippen LogP contribution < -0.4 is 5.32 Å². The summed E-state index contributed by atoms with van der Waals surface area (Å²) in [6.45, 7) is 4.70. The van der Waals surface area contributed by atoms with Crippen LogP contribution in [0.1, 0.15) is 28.4 Å². The van der Waals surface area contributed by atoms with Gasteiger partial charge in [0.15, 0.2) is 6.10 Å². The highest BCUT2D eigenvalue weighted by Gasteiger charge is 2.23. The molecule has 0 unspecified atom stereocenters. The number of halogens is 1. The van der Waals surface area contributed by atoms with Crippen LogP contribution in [0.2, 0.25) is 5.02 Å². The summed E-state index contributed by atoms with van der Waals surface area (Å²) in [6, 6.07) is 9.12. The normalized spacial score (nSPS) is 11.5. The molecule has 0 bridgehead atoms. The molecule has 0 saturated carbocycles. The molecule has 7 nitrogen and oxygen atoms in total. The minimum atomic E-state index is -1.10. The average molecular weight is 377 g/mol. The summed E-state index contributed by atoms with van der Waals surface area (Å²) in [4.78, 5) is 34.8. The van der Waals surface area contributed by atoms with E-state index in [1.807, 2.05) is 6.92 Å². The average Bonchev–Trinajstić information content (AvgIpc) is 2.57. The number of carbonyl (C=O) groups is 2. The van der Waals surface area contributed by atoms with E-state index >= 15 is 0 Å². The van der Waals surface area contributed by atoms with E-state index in [0.717, 1.165) is 5.56 Å². The SMILES string of the molecule is Cc1ccc(NC(=O)[C@H](C)OC(=O)c2cccc([N+](=O)[O-])c2C)cc1Cl. The van der Waals surface area contributed by atoms with Crippen molar-refractivity contribution in [3.05, 3.63) is 68.2 Å². The molecule has 0 aliphatic carbocycles.